The lowest BCUT2D eigenvalue weighted by Gasteiger charge is -2.52. The standard InChI is InChI=1S/C13H25O2/c1-10(2)6-8-13(11(3)4)14-9-7-12(5)15-13/h10,12H,6-9H2,1-5H3/q-1. The summed E-state index contributed by atoms with van der Waals surface area (Å²) in [6.45, 7) is 11.7. The minimum atomic E-state index is -0.401. The van der Waals surface area contributed by atoms with Crippen molar-refractivity contribution in [2.24, 2.45) is 5.92 Å². The molecule has 2 atom stereocenters. The maximum Gasteiger partial charge on any atom is 0.0570 e. The molecule has 0 aromatic heterocycles. The monoisotopic (exact) mass is 213 g/mol. The molecule has 1 saturated heterocycles. The Bertz CT molecular complexity index is 189. The van der Waals surface area contributed by atoms with E-state index in [9.17, 15) is 0 Å². The normalized spacial score (nSPS) is 32.6. The van der Waals surface area contributed by atoms with Gasteiger partial charge in [0, 0.05) is 12.4 Å². The van der Waals surface area contributed by atoms with Gasteiger partial charge in [0.15, 0.2) is 0 Å². The van der Waals surface area contributed by atoms with E-state index in [-0.39, 0.29) is 0 Å². The molecular formula is C13H25O2-. The zero-order valence-corrected chi connectivity index (χ0v) is 10.8. The van der Waals surface area contributed by atoms with Gasteiger partial charge in [0.05, 0.1) is 6.10 Å². The third-order valence-corrected chi connectivity index (χ3v) is 3.06. The molecule has 0 aromatic carbocycles. The number of ether oxygens (including phenoxy) is 2. The summed E-state index contributed by atoms with van der Waals surface area (Å²) in [7, 11) is 0. The van der Waals surface area contributed by atoms with Crippen LogP contribution in [0.1, 0.15) is 53.9 Å². The average Bonchev–Trinajstić information content (AvgIpc) is 2.14. The van der Waals surface area contributed by atoms with Gasteiger partial charge in [0.2, 0.25) is 0 Å². The molecule has 1 aliphatic heterocycles. The third kappa shape index (κ3) is 3.46. The van der Waals surface area contributed by atoms with Gasteiger partial charge in [-0.3, -0.25) is 5.92 Å². The largest absolute Gasteiger partial charge is 0.380 e. The Labute approximate surface area is 94.3 Å². The van der Waals surface area contributed by atoms with Gasteiger partial charge in [-0.05, 0) is 32.1 Å². The van der Waals surface area contributed by atoms with E-state index in [1.165, 1.54) is 5.92 Å². The van der Waals surface area contributed by atoms with E-state index in [2.05, 4.69) is 34.6 Å². The second kappa shape index (κ2) is 5.31. The molecule has 15 heavy (non-hydrogen) atoms. The topological polar surface area (TPSA) is 18.5 Å². The third-order valence-electron chi connectivity index (χ3n) is 3.06. The van der Waals surface area contributed by atoms with Crippen molar-refractivity contribution in [3.63, 3.8) is 0 Å². The van der Waals surface area contributed by atoms with Gasteiger partial charge in [-0.2, -0.15) is 13.8 Å². The SMILES string of the molecule is C[C-](C)C1(CCC(C)C)OCCC(C)O1. The van der Waals surface area contributed by atoms with Crippen LogP contribution < -0.4 is 0 Å². The summed E-state index contributed by atoms with van der Waals surface area (Å²) in [5.41, 5.74) is 0. The van der Waals surface area contributed by atoms with Crippen molar-refractivity contribution in [1.29, 1.82) is 0 Å². The Morgan fingerprint density at radius 1 is 1.40 bits per heavy atom. The van der Waals surface area contributed by atoms with Crippen LogP contribution in [0.3, 0.4) is 0 Å². The van der Waals surface area contributed by atoms with Gasteiger partial charge in [0.25, 0.3) is 0 Å². The summed E-state index contributed by atoms with van der Waals surface area (Å²) in [5.74, 6) is 1.54. The predicted octanol–water partition coefficient (Wildman–Crippen LogP) is 3.56. The van der Waals surface area contributed by atoms with Gasteiger partial charge in [-0.25, -0.2) is 0 Å². The molecule has 2 heteroatoms. The Morgan fingerprint density at radius 2 is 2.07 bits per heavy atom. The Kier molecular flexibility index (Phi) is 4.60. The minimum Gasteiger partial charge on any atom is -0.380 e. The van der Waals surface area contributed by atoms with Gasteiger partial charge in [-0.1, -0.05) is 13.8 Å². The maximum atomic E-state index is 6.03. The van der Waals surface area contributed by atoms with Crippen LogP contribution in [0.15, 0.2) is 0 Å². The quantitative estimate of drug-likeness (QED) is 0.665. The zero-order valence-electron chi connectivity index (χ0n) is 10.8. The van der Waals surface area contributed by atoms with Crippen molar-refractivity contribution >= 4 is 0 Å². The van der Waals surface area contributed by atoms with Gasteiger partial charge in [-0.15, -0.1) is 0 Å². The molecule has 1 heterocycles. The fourth-order valence-corrected chi connectivity index (χ4v) is 1.93. The lowest BCUT2D eigenvalue weighted by Crippen LogP contribution is -2.47. The van der Waals surface area contributed by atoms with E-state index in [1.54, 1.807) is 0 Å². The molecule has 1 fully saturated rings. The highest BCUT2D eigenvalue weighted by atomic mass is 16.7. The molecule has 90 valence electrons. The van der Waals surface area contributed by atoms with Crippen molar-refractivity contribution in [2.45, 2.75) is 65.8 Å². The fourth-order valence-electron chi connectivity index (χ4n) is 1.93. The molecule has 2 unspecified atom stereocenters. The molecule has 0 aromatic rings. The van der Waals surface area contributed by atoms with Crippen molar-refractivity contribution in [3.8, 4) is 0 Å². The Morgan fingerprint density at radius 3 is 2.53 bits per heavy atom. The highest BCUT2D eigenvalue weighted by Gasteiger charge is 2.31. The van der Waals surface area contributed by atoms with E-state index in [4.69, 9.17) is 9.47 Å². The zero-order chi connectivity index (χ0) is 11.5. The van der Waals surface area contributed by atoms with Crippen molar-refractivity contribution in [1.82, 2.24) is 0 Å². The molecule has 0 amide bonds. The summed E-state index contributed by atoms with van der Waals surface area (Å²) in [6, 6.07) is 0. The summed E-state index contributed by atoms with van der Waals surface area (Å²) in [6.07, 6.45) is 3.46. The molecule has 0 bridgehead atoms. The van der Waals surface area contributed by atoms with Crippen LogP contribution in [-0.4, -0.2) is 18.5 Å². The maximum absolute atomic E-state index is 6.03. The smallest absolute Gasteiger partial charge is 0.0570 e. The Balaban J connectivity index is 2.60. The lowest BCUT2D eigenvalue weighted by molar-refractivity contribution is -0.283. The van der Waals surface area contributed by atoms with Crippen molar-refractivity contribution < 1.29 is 9.47 Å². The molecule has 0 N–H and O–H groups in total. The van der Waals surface area contributed by atoms with Crippen LogP contribution in [0.25, 0.3) is 0 Å². The highest BCUT2D eigenvalue weighted by Crippen LogP contribution is 2.36. The first-order valence-electron chi connectivity index (χ1n) is 6.08. The van der Waals surface area contributed by atoms with Crippen LogP contribution in [-0.2, 0) is 9.47 Å². The van der Waals surface area contributed by atoms with Crippen LogP contribution in [0, 0.1) is 11.8 Å². The van der Waals surface area contributed by atoms with Gasteiger partial charge < -0.3 is 9.47 Å². The molecule has 0 saturated carbocycles. The van der Waals surface area contributed by atoms with Gasteiger partial charge in [0.1, 0.15) is 0 Å². The fraction of sp³-hybridized carbons (Fsp3) is 0.923. The molecule has 1 rings (SSSR count). The van der Waals surface area contributed by atoms with E-state index in [1.807, 2.05) is 0 Å². The second-order valence-electron chi connectivity index (χ2n) is 5.25. The average molecular weight is 213 g/mol. The Hall–Kier alpha value is -0.0800. The van der Waals surface area contributed by atoms with E-state index in [0.717, 1.165) is 25.9 Å². The predicted molar refractivity (Wildman–Crippen MR) is 62.5 cm³/mol. The van der Waals surface area contributed by atoms with E-state index < -0.39 is 5.79 Å². The first-order chi connectivity index (χ1) is 6.96. The molecular weight excluding hydrogens is 188 g/mol. The van der Waals surface area contributed by atoms with Crippen LogP contribution in [0.5, 0.6) is 0 Å². The molecule has 0 spiro atoms. The molecule has 2 nitrogen and oxygen atoms in total. The highest BCUT2D eigenvalue weighted by molar-refractivity contribution is 4.98. The number of hydrogen-bond acceptors (Lipinski definition) is 2. The molecule has 0 radical (unpaired) electrons. The van der Waals surface area contributed by atoms with Crippen molar-refractivity contribution in [2.75, 3.05) is 6.61 Å². The second-order valence-corrected chi connectivity index (χ2v) is 5.25. The number of hydrogen-bond donors (Lipinski definition) is 0. The molecule has 1 aliphatic rings. The summed E-state index contributed by atoms with van der Waals surface area (Å²) < 4.78 is 11.9. The van der Waals surface area contributed by atoms with Gasteiger partial charge >= 0.3 is 0 Å². The van der Waals surface area contributed by atoms with E-state index >= 15 is 0 Å². The van der Waals surface area contributed by atoms with Crippen LogP contribution >= 0.6 is 0 Å². The summed E-state index contributed by atoms with van der Waals surface area (Å²) >= 11 is 0. The van der Waals surface area contributed by atoms with Crippen LogP contribution in [0.4, 0.5) is 0 Å². The summed E-state index contributed by atoms with van der Waals surface area (Å²) in [4.78, 5) is 0. The first kappa shape index (κ1) is 13.0. The lowest BCUT2D eigenvalue weighted by atomic mass is 9.92. The van der Waals surface area contributed by atoms with Crippen LogP contribution in [0.2, 0.25) is 0 Å². The number of rotatable bonds is 4. The molecule has 0 aliphatic carbocycles. The van der Waals surface area contributed by atoms with Crippen molar-refractivity contribution in [3.05, 3.63) is 5.92 Å². The minimum absolute atomic E-state index is 0.320. The van der Waals surface area contributed by atoms with E-state index in [0.29, 0.717) is 12.0 Å². The first-order valence-corrected chi connectivity index (χ1v) is 6.08. The summed E-state index contributed by atoms with van der Waals surface area (Å²) in [5, 5.41) is 0.